The molecule has 1 unspecified atom stereocenters. The number of fused-ring (bicyclic) bond motifs is 1. The van der Waals surface area contributed by atoms with Crippen LogP contribution in [-0.4, -0.2) is 82.6 Å². The molecule has 3 aliphatic rings. The van der Waals surface area contributed by atoms with Crippen LogP contribution in [0.1, 0.15) is 54.2 Å². The van der Waals surface area contributed by atoms with E-state index < -0.39 is 9.84 Å². The van der Waals surface area contributed by atoms with Crippen LogP contribution in [0.25, 0.3) is 11.0 Å². The molecule has 1 aliphatic carbocycles. The standard InChI is InChI=1S/C21H29N5O3S/c1-15-12-18(19-13-22-26(20(19)23-15)16-4-2-3-5-16)21(27)25-9-7-24(8-10-25)17-6-11-30(28,29)14-17/h12-13,16-17H,2-11,14H2,1H3. The first-order chi connectivity index (χ1) is 14.4. The Bertz CT molecular complexity index is 1070. The molecule has 1 amide bonds. The van der Waals surface area contributed by atoms with E-state index in [1.165, 1.54) is 12.8 Å². The Morgan fingerprint density at radius 2 is 1.80 bits per heavy atom. The summed E-state index contributed by atoms with van der Waals surface area (Å²) in [6.07, 6.45) is 7.18. The number of nitrogens with zero attached hydrogens (tertiary/aromatic N) is 5. The molecule has 8 nitrogen and oxygen atoms in total. The number of aromatic nitrogens is 3. The number of sulfone groups is 1. The number of piperazine rings is 1. The van der Waals surface area contributed by atoms with Gasteiger partial charge in [-0.1, -0.05) is 12.8 Å². The summed E-state index contributed by atoms with van der Waals surface area (Å²) in [5.41, 5.74) is 2.33. The van der Waals surface area contributed by atoms with Crippen LogP contribution in [0.15, 0.2) is 12.3 Å². The van der Waals surface area contributed by atoms with Crippen molar-refractivity contribution < 1.29 is 13.2 Å². The Morgan fingerprint density at radius 3 is 2.47 bits per heavy atom. The molecule has 9 heteroatoms. The number of amides is 1. The SMILES string of the molecule is Cc1cc(C(=O)N2CCN(C3CCS(=O)(=O)C3)CC2)c2cnn(C3CCCC3)c2n1. The van der Waals surface area contributed by atoms with E-state index in [4.69, 9.17) is 4.98 Å². The highest BCUT2D eigenvalue weighted by atomic mass is 32.2. The lowest BCUT2D eigenvalue weighted by Crippen LogP contribution is -2.52. The highest BCUT2D eigenvalue weighted by Crippen LogP contribution is 2.32. The van der Waals surface area contributed by atoms with Gasteiger partial charge in [-0.05, 0) is 32.3 Å². The molecule has 2 saturated heterocycles. The molecule has 2 aliphatic heterocycles. The third kappa shape index (κ3) is 3.62. The summed E-state index contributed by atoms with van der Waals surface area (Å²) in [7, 11) is -2.89. The van der Waals surface area contributed by atoms with Gasteiger partial charge >= 0.3 is 0 Å². The van der Waals surface area contributed by atoms with E-state index in [9.17, 15) is 13.2 Å². The van der Waals surface area contributed by atoms with Crippen molar-refractivity contribution in [1.29, 1.82) is 0 Å². The molecule has 0 spiro atoms. The van der Waals surface area contributed by atoms with E-state index in [0.717, 1.165) is 42.7 Å². The van der Waals surface area contributed by atoms with E-state index in [2.05, 4.69) is 10.00 Å². The van der Waals surface area contributed by atoms with Crippen LogP contribution in [-0.2, 0) is 9.84 Å². The first-order valence-electron chi connectivity index (χ1n) is 11.0. The number of pyridine rings is 1. The monoisotopic (exact) mass is 431 g/mol. The second-order valence-electron chi connectivity index (χ2n) is 8.96. The first kappa shape index (κ1) is 19.9. The Balaban J connectivity index is 1.34. The van der Waals surface area contributed by atoms with Crippen molar-refractivity contribution in [2.24, 2.45) is 0 Å². The lowest BCUT2D eigenvalue weighted by Gasteiger charge is -2.37. The number of carbonyl (C=O) groups excluding carboxylic acids is 1. The molecule has 0 bridgehead atoms. The van der Waals surface area contributed by atoms with Crippen LogP contribution in [0.4, 0.5) is 0 Å². The Labute approximate surface area is 177 Å². The molecule has 0 radical (unpaired) electrons. The van der Waals surface area contributed by atoms with Gasteiger partial charge in [0, 0.05) is 37.9 Å². The van der Waals surface area contributed by atoms with E-state index in [1.54, 1.807) is 6.20 Å². The predicted octanol–water partition coefficient (Wildman–Crippen LogP) is 1.80. The van der Waals surface area contributed by atoms with Crippen molar-refractivity contribution in [3.8, 4) is 0 Å². The maximum absolute atomic E-state index is 13.4. The van der Waals surface area contributed by atoms with Gasteiger partial charge in [0.15, 0.2) is 15.5 Å². The minimum atomic E-state index is -2.89. The molecule has 1 atom stereocenters. The average Bonchev–Trinajstić information content (AvgIpc) is 3.46. The van der Waals surface area contributed by atoms with Crippen LogP contribution in [0.2, 0.25) is 0 Å². The van der Waals surface area contributed by atoms with Gasteiger partial charge in [-0.25, -0.2) is 18.1 Å². The Morgan fingerprint density at radius 1 is 1.07 bits per heavy atom. The smallest absolute Gasteiger partial charge is 0.254 e. The van der Waals surface area contributed by atoms with Gasteiger partial charge in [0.25, 0.3) is 5.91 Å². The molecular formula is C21H29N5O3S. The summed E-state index contributed by atoms with van der Waals surface area (Å²) in [5.74, 6) is 0.566. The summed E-state index contributed by atoms with van der Waals surface area (Å²) in [6.45, 7) is 4.62. The summed E-state index contributed by atoms with van der Waals surface area (Å²) >= 11 is 0. The highest BCUT2D eigenvalue weighted by Gasteiger charge is 2.35. The van der Waals surface area contributed by atoms with E-state index in [-0.39, 0.29) is 23.5 Å². The largest absolute Gasteiger partial charge is 0.336 e. The first-order valence-corrected chi connectivity index (χ1v) is 12.8. The lowest BCUT2D eigenvalue weighted by molar-refractivity contribution is 0.0589. The molecule has 0 aromatic carbocycles. The van der Waals surface area contributed by atoms with Crippen molar-refractivity contribution >= 4 is 26.8 Å². The summed E-state index contributed by atoms with van der Waals surface area (Å²) < 4.78 is 25.6. The molecule has 3 fully saturated rings. The minimum absolute atomic E-state index is 0.0233. The van der Waals surface area contributed by atoms with Crippen molar-refractivity contribution in [2.45, 2.75) is 51.1 Å². The van der Waals surface area contributed by atoms with Crippen LogP contribution in [0, 0.1) is 6.92 Å². The van der Waals surface area contributed by atoms with Gasteiger partial charge in [0.2, 0.25) is 0 Å². The number of hydrogen-bond acceptors (Lipinski definition) is 6. The second kappa shape index (κ2) is 7.60. The quantitative estimate of drug-likeness (QED) is 0.736. The van der Waals surface area contributed by atoms with E-state index in [0.29, 0.717) is 31.1 Å². The zero-order valence-electron chi connectivity index (χ0n) is 17.5. The molecule has 2 aromatic rings. The van der Waals surface area contributed by atoms with Gasteiger partial charge in [-0.2, -0.15) is 5.10 Å². The van der Waals surface area contributed by atoms with Gasteiger partial charge < -0.3 is 4.90 Å². The Kier molecular flexibility index (Phi) is 5.05. The second-order valence-corrected chi connectivity index (χ2v) is 11.2. The van der Waals surface area contributed by atoms with Crippen molar-refractivity contribution in [3.05, 3.63) is 23.5 Å². The maximum Gasteiger partial charge on any atom is 0.254 e. The molecular weight excluding hydrogens is 402 g/mol. The predicted molar refractivity (Wildman–Crippen MR) is 114 cm³/mol. The highest BCUT2D eigenvalue weighted by molar-refractivity contribution is 7.91. The summed E-state index contributed by atoms with van der Waals surface area (Å²) in [6, 6.07) is 2.36. The molecule has 4 heterocycles. The van der Waals surface area contributed by atoms with Crippen molar-refractivity contribution in [1.82, 2.24) is 24.6 Å². The van der Waals surface area contributed by atoms with Crippen LogP contribution in [0.5, 0.6) is 0 Å². The number of carbonyl (C=O) groups is 1. The van der Waals surface area contributed by atoms with Crippen LogP contribution >= 0.6 is 0 Å². The number of hydrogen-bond donors (Lipinski definition) is 0. The van der Waals surface area contributed by atoms with Gasteiger partial charge in [-0.15, -0.1) is 0 Å². The summed E-state index contributed by atoms with van der Waals surface area (Å²) in [4.78, 5) is 22.2. The van der Waals surface area contributed by atoms with Gasteiger partial charge in [-0.3, -0.25) is 9.69 Å². The van der Waals surface area contributed by atoms with Crippen LogP contribution in [0.3, 0.4) is 0 Å². The minimum Gasteiger partial charge on any atom is -0.336 e. The fraction of sp³-hybridized carbons (Fsp3) is 0.667. The fourth-order valence-corrected chi connectivity index (χ4v) is 7.02. The lowest BCUT2D eigenvalue weighted by atomic mass is 10.1. The Hall–Kier alpha value is -2.00. The molecule has 2 aromatic heterocycles. The zero-order chi connectivity index (χ0) is 20.9. The molecule has 1 saturated carbocycles. The zero-order valence-corrected chi connectivity index (χ0v) is 18.3. The van der Waals surface area contributed by atoms with Gasteiger partial charge in [0.05, 0.1) is 34.7 Å². The number of aryl methyl sites for hydroxylation is 1. The maximum atomic E-state index is 13.4. The van der Waals surface area contributed by atoms with E-state index in [1.807, 2.05) is 22.6 Å². The molecule has 30 heavy (non-hydrogen) atoms. The van der Waals surface area contributed by atoms with Crippen molar-refractivity contribution in [2.75, 3.05) is 37.7 Å². The topological polar surface area (TPSA) is 88.4 Å². The number of rotatable bonds is 3. The van der Waals surface area contributed by atoms with Crippen molar-refractivity contribution in [3.63, 3.8) is 0 Å². The van der Waals surface area contributed by atoms with Crippen LogP contribution < -0.4 is 0 Å². The molecule has 5 rings (SSSR count). The van der Waals surface area contributed by atoms with E-state index >= 15 is 0 Å². The summed E-state index contributed by atoms with van der Waals surface area (Å²) in [5, 5.41) is 5.44. The third-order valence-electron chi connectivity index (χ3n) is 6.92. The fourth-order valence-electron chi connectivity index (χ4n) is 5.26. The van der Waals surface area contributed by atoms with Gasteiger partial charge in [0.1, 0.15) is 0 Å². The molecule has 0 N–H and O–H groups in total. The molecule has 162 valence electrons. The normalized spacial score (nSPS) is 25.4. The third-order valence-corrected chi connectivity index (χ3v) is 8.67. The average molecular weight is 432 g/mol.